The lowest BCUT2D eigenvalue weighted by Crippen LogP contribution is -2.47. The Labute approximate surface area is 140 Å². The van der Waals surface area contributed by atoms with E-state index in [1.807, 2.05) is 0 Å². The molecule has 0 heterocycles. The molecule has 4 aliphatic carbocycles. The first-order valence-electron chi connectivity index (χ1n) is 9.38. The van der Waals surface area contributed by atoms with Crippen molar-refractivity contribution in [2.24, 2.45) is 34.5 Å². The second-order valence-electron chi connectivity index (χ2n) is 8.77. The number of allylic oxidation sites excluding steroid dienone is 4. The predicted octanol–water partition coefficient (Wildman–Crippen LogP) is 5.23. The third-order valence-corrected chi connectivity index (χ3v) is 8.21. The van der Waals surface area contributed by atoms with Crippen LogP contribution in [-0.4, -0.2) is 7.11 Å². The Morgan fingerprint density at radius 3 is 2.74 bits per heavy atom. The number of ether oxygens (including phenoxy) is 1. The van der Waals surface area contributed by atoms with Crippen molar-refractivity contribution in [2.45, 2.75) is 58.8 Å². The summed E-state index contributed by atoms with van der Waals surface area (Å²) in [4.78, 5) is 0. The molecule has 6 atom stereocenters. The maximum atomic E-state index is 9.79. The molecule has 2 saturated carbocycles. The van der Waals surface area contributed by atoms with Crippen LogP contribution in [0.2, 0.25) is 0 Å². The molecule has 0 aromatic rings. The quantitative estimate of drug-likeness (QED) is 0.664. The summed E-state index contributed by atoms with van der Waals surface area (Å²) in [6.45, 7) is 4.65. The molecule has 0 unspecified atom stereocenters. The summed E-state index contributed by atoms with van der Waals surface area (Å²) < 4.78 is 5.49. The molecule has 0 aromatic heterocycles. The number of hydrogen-bond donors (Lipinski definition) is 0. The molecule has 0 N–H and O–H groups in total. The first-order chi connectivity index (χ1) is 11.0. The van der Waals surface area contributed by atoms with Gasteiger partial charge in [-0.05, 0) is 86.2 Å². The van der Waals surface area contributed by atoms with Gasteiger partial charge in [0.05, 0.1) is 24.4 Å². The standard InChI is InChI=1S/C21H29NO/c1-20(13-22)10-9-19-18-6-4-14-12-15(23-3)5-7-16(14)17(18)8-11-21(19,20)2/h4,12,16-19H,5-11H2,1-3H3/t16-,17+,18+,19-,20+,21-/m0/s1. The van der Waals surface area contributed by atoms with Crippen LogP contribution < -0.4 is 0 Å². The van der Waals surface area contributed by atoms with Crippen LogP contribution in [0.5, 0.6) is 0 Å². The first-order valence-corrected chi connectivity index (χ1v) is 9.38. The normalized spacial score (nSPS) is 48.3. The molecule has 4 aliphatic rings. The van der Waals surface area contributed by atoms with E-state index in [4.69, 9.17) is 4.74 Å². The molecule has 0 amide bonds. The highest BCUT2D eigenvalue weighted by atomic mass is 16.5. The predicted molar refractivity (Wildman–Crippen MR) is 91.3 cm³/mol. The van der Waals surface area contributed by atoms with Crippen LogP contribution in [0.4, 0.5) is 0 Å². The van der Waals surface area contributed by atoms with Crippen molar-refractivity contribution < 1.29 is 4.74 Å². The van der Waals surface area contributed by atoms with E-state index < -0.39 is 0 Å². The maximum Gasteiger partial charge on any atom is 0.0958 e. The molecule has 0 radical (unpaired) electrons. The molecule has 4 rings (SSSR count). The fraction of sp³-hybridized carbons (Fsp3) is 0.762. The lowest BCUT2D eigenvalue weighted by atomic mass is 9.50. The zero-order valence-electron chi connectivity index (χ0n) is 14.8. The average Bonchev–Trinajstić information content (AvgIpc) is 2.86. The van der Waals surface area contributed by atoms with Crippen LogP contribution in [0.1, 0.15) is 58.8 Å². The summed E-state index contributed by atoms with van der Waals surface area (Å²) in [6.07, 6.45) is 13.3. The minimum Gasteiger partial charge on any atom is -0.501 e. The topological polar surface area (TPSA) is 33.0 Å². The van der Waals surface area contributed by atoms with Crippen LogP contribution in [-0.2, 0) is 4.74 Å². The Kier molecular flexibility index (Phi) is 3.42. The number of hydrogen-bond acceptors (Lipinski definition) is 2. The van der Waals surface area contributed by atoms with Gasteiger partial charge in [-0.2, -0.15) is 5.26 Å². The second-order valence-corrected chi connectivity index (χ2v) is 8.77. The van der Waals surface area contributed by atoms with Crippen LogP contribution in [0, 0.1) is 45.8 Å². The van der Waals surface area contributed by atoms with E-state index in [-0.39, 0.29) is 10.8 Å². The lowest BCUT2D eigenvalue weighted by Gasteiger charge is -2.54. The van der Waals surface area contributed by atoms with Crippen molar-refractivity contribution in [3.8, 4) is 6.07 Å². The molecule has 0 spiro atoms. The number of fused-ring (bicyclic) bond motifs is 5. The number of methoxy groups -OCH3 is 1. The third-order valence-electron chi connectivity index (χ3n) is 8.21. The van der Waals surface area contributed by atoms with Crippen LogP contribution >= 0.6 is 0 Å². The van der Waals surface area contributed by atoms with E-state index in [0.29, 0.717) is 0 Å². The molecular weight excluding hydrogens is 282 g/mol. The number of nitrogens with zero attached hydrogens (tertiary/aromatic N) is 1. The van der Waals surface area contributed by atoms with Crippen molar-refractivity contribution in [2.75, 3.05) is 7.11 Å². The van der Waals surface area contributed by atoms with Gasteiger partial charge in [-0.25, -0.2) is 0 Å². The van der Waals surface area contributed by atoms with E-state index in [9.17, 15) is 5.26 Å². The summed E-state index contributed by atoms with van der Waals surface area (Å²) in [5, 5.41) is 9.79. The van der Waals surface area contributed by atoms with Gasteiger partial charge in [0.15, 0.2) is 0 Å². The van der Waals surface area contributed by atoms with Gasteiger partial charge in [0.1, 0.15) is 0 Å². The Hall–Kier alpha value is -1.23. The van der Waals surface area contributed by atoms with E-state index in [1.165, 1.54) is 32.1 Å². The van der Waals surface area contributed by atoms with Crippen LogP contribution in [0.25, 0.3) is 0 Å². The van der Waals surface area contributed by atoms with Gasteiger partial charge >= 0.3 is 0 Å². The number of nitriles is 1. The van der Waals surface area contributed by atoms with Crippen molar-refractivity contribution in [3.63, 3.8) is 0 Å². The summed E-state index contributed by atoms with van der Waals surface area (Å²) in [5.74, 6) is 4.28. The summed E-state index contributed by atoms with van der Waals surface area (Å²) in [7, 11) is 1.80. The highest BCUT2D eigenvalue weighted by Crippen LogP contribution is 2.67. The average molecular weight is 311 g/mol. The Balaban J connectivity index is 1.65. The second kappa shape index (κ2) is 5.13. The van der Waals surface area contributed by atoms with Crippen molar-refractivity contribution >= 4 is 0 Å². The SMILES string of the molecule is COC1=CC2=CC[C@@H]3[C@H](CC[C@@]4(C)[C@H]3CC[C@]4(C)C#N)[C@H]2CC1. The lowest BCUT2D eigenvalue weighted by molar-refractivity contribution is -0.0251. The highest BCUT2D eigenvalue weighted by Gasteiger charge is 2.60. The van der Waals surface area contributed by atoms with Crippen LogP contribution in [0.3, 0.4) is 0 Å². The van der Waals surface area contributed by atoms with Gasteiger partial charge in [-0.15, -0.1) is 0 Å². The Morgan fingerprint density at radius 1 is 1.17 bits per heavy atom. The van der Waals surface area contributed by atoms with E-state index in [0.717, 1.165) is 42.3 Å². The molecule has 2 heteroatoms. The van der Waals surface area contributed by atoms with Crippen LogP contribution in [0.15, 0.2) is 23.5 Å². The van der Waals surface area contributed by atoms with E-state index in [2.05, 4.69) is 32.1 Å². The minimum absolute atomic E-state index is 0.109. The Morgan fingerprint density at radius 2 is 2.00 bits per heavy atom. The van der Waals surface area contributed by atoms with Gasteiger partial charge in [0, 0.05) is 6.42 Å². The van der Waals surface area contributed by atoms with Gasteiger partial charge < -0.3 is 4.74 Å². The van der Waals surface area contributed by atoms with Crippen molar-refractivity contribution in [1.29, 1.82) is 5.26 Å². The fourth-order valence-corrected chi connectivity index (χ4v) is 6.54. The highest BCUT2D eigenvalue weighted by molar-refractivity contribution is 5.32. The molecule has 2 fully saturated rings. The minimum atomic E-state index is -0.109. The Bertz CT molecular complexity index is 612. The van der Waals surface area contributed by atoms with Crippen molar-refractivity contribution in [3.05, 3.63) is 23.5 Å². The monoisotopic (exact) mass is 311 g/mol. The molecular formula is C21H29NO. The third kappa shape index (κ3) is 1.98. The largest absolute Gasteiger partial charge is 0.501 e. The van der Waals surface area contributed by atoms with E-state index in [1.54, 1.807) is 12.7 Å². The molecule has 0 saturated heterocycles. The number of rotatable bonds is 1. The van der Waals surface area contributed by atoms with Crippen molar-refractivity contribution in [1.82, 2.24) is 0 Å². The zero-order chi connectivity index (χ0) is 16.2. The summed E-state index contributed by atoms with van der Waals surface area (Å²) in [5.41, 5.74) is 1.66. The molecule has 23 heavy (non-hydrogen) atoms. The van der Waals surface area contributed by atoms with Gasteiger partial charge in [-0.3, -0.25) is 0 Å². The van der Waals surface area contributed by atoms with Gasteiger partial charge in [-0.1, -0.05) is 13.0 Å². The van der Waals surface area contributed by atoms with E-state index >= 15 is 0 Å². The molecule has 2 nitrogen and oxygen atoms in total. The zero-order valence-corrected chi connectivity index (χ0v) is 14.8. The smallest absolute Gasteiger partial charge is 0.0958 e. The van der Waals surface area contributed by atoms with Gasteiger partial charge in [0.2, 0.25) is 0 Å². The molecule has 0 aliphatic heterocycles. The molecule has 0 aromatic carbocycles. The summed E-state index contributed by atoms with van der Waals surface area (Å²) in [6, 6.07) is 2.70. The molecule has 0 bridgehead atoms. The summed E-state index contributed by atoms with van der Waals surface area (Å²) >= 11 is 0. The first kappa shape index (κ1) is 15.3. The fourth-order valence-electron chi connectivity index (χ4n) is 6.54. The molecule has 124 valence electrons. The van der Waals surface area contributed by atoms with Gasteiger partial charge in [0.25, 0.3) is 0 Å². The maximum absolute atomic E-state index is 9.79.